The van der Waals surface area contributed by atoms with Crippen LogP contribution in [0, 0.1) is 0 Å². The molecule has 5 heteroatoms. The number of rotatable bonds is 9. The molecule has 0 aliphatic carbocycles. The highest BCUT2D eigenvalue weighted by atomic mass is 16.5. The van der Waals surface area contributed by atoms with Gasteiger partial charge in [0.05, 0.1) is 13.2 Å². The number of likely N-dealkylation sites (N-methyl/N-ethyl adjacent to an activating group) is 1. The predicted molar refractivity (Wildman–Crippen MR) is 77.4 cm³/mol. The molecule has 0 heterocycles. The van der Waals surface area contributed by atoms with E-state index in [4.69, 9.17) is 14.6 Å². The maximum absolute atomic E-state index is 11.1. The molecule has 0 saturated carbocycles. The first kappa shape index (κ1) is 16.3. The lowest BCUT2D eigenvalue weighted by molar-refractivity contribution is -0.144. The van der Waals surface area contributed by atoms with E-state index in [9.17, 15) is 4.79 Å². The van der Waals surface area contributed by atoms with E-state index in [1.54, 1.807) is 14.0 Å². The van der Waals surface area contributed by atoms with Crippen molar-refractivity contribution < 1.29 is 19.4 Å². The van der Waals surface area contributed by atoms with Crippen molar-refractivity contribution in [3.05, 3.63) is 24.3 Å². The van der Waals surface area contributed by atoms with Crippen molar-refractivity contribution in [3.63, 3.8) is 0 Å². The van der Waals surface area contributed by atoms with Crippen molar-refractivity contribution in [2.75, 3.05) is 20.3 Å². The summed E-state index contributed by atoms with van der Waals surface area (Å²) in [6, 6.07) is 7.47. The molecule has 0 radical (unpaired) electrons. The normalized spacial score (nSPS) is 13.6. The molecule has 5 nitrogen and oxygen atoms in total. The molecule has 1 aromatic carbocycles. The molecule has 1 unspecified atom stereocenters. The van der Waals surface area contributed by atoms with Crippen LogP contribution in [0.15, 0.2) is 24.3 Å². The predicted octanol–water partition coefficient (Wildman–Crippen LogP) is 2.31. The summed E-state index contributed by atoms with van der Waals surface area (Å²) in [5, 5.41) is 12.0. The van der Waals surface area contributed by atoms with Crippen LogP contribution in [-0.2, 0) is 4.79 Å². The molecule has 1 rings (SSSR count). The highest BCUT2D eigenvalue weighted by molar-refractivity contribution is 5.78. The molecule has 0 spiro atoms. The highest BCUT2D eigenvalue weighted by Gasteiger charge is 2.30. The van der Waals surface area contributed by atoms with Crippen LogP contribution in [0.1, 0.15) is 26.7 Å². The number of nitrogens with one attached hydrogen (secondary N) is 1. The van der Waals surface area contributed by atoms with E-state index in [0.717, 1.165) is 0 Å². The van der Waals surface area contributed by atoms with Gasteiger partial charge in [-0.05, 0) is 45.9 Å². The second kappa shape index (κ2) is 7.75. The lowest BCUT2D eigenvalue weighted by atomic mass is 9.96. The van der Waals surface area contributed by atoms with Crippen molar-refractivity contribution in [2.24, 2.45) is 0 Å². The van der Waals surface area contributed by atoms with Crippen LogP contribution in [0.4, 0.5) is 0 Å². The van der Waals surface area contributed by atoms with Crippen molar-refractivity contribution >= 4 is 5.97 Å². The zero-order valence-corrected chi connectivity index (χ0v) is 12.3. The molecule has 1 atom stereocenters. The van der Waals surface area contributed by atoms with E-state index in [0.29, 0.717) is 37.6 Å². The molecule has 0 aromatic heterocycles. The quantitative estimate of drug-likeness (QED) is 0.680. The summed E-state index contributed by atoms with van der Waals surface area (Å²) in [5.74, 6) is 0.551. The van der Waals surface area contributed by atoms with E-state index >= 15 is 0 Å². The largest absolute Gasteiger partial charge is 0.490 e. The average molecular weight is 281 g/mol. The molecule has 112 valence electrons. The van der Waals surface area contributed by atoms with Crippen LogP contribution in [0.5, 0.6) is 11.5 Å². The molecular weight excluding hydrogens is 258 g/mol. The summed E-state index contributed by atoms with van der Waals surface area (Å²) in [6.07, 6.45) is 1.14. The lowest BCUT2D eigenvalue weighted by Crippen LogP contribution is -2.47. The lowest BCUT2D eigenvalue weighted by Gasteiger charge is -2.24. The topological polar surface area (TPSA) is 67.8 Å². The molecule has 0 saturated heterocycles. The van der Waals surface area contributed by atoms with Gasteiger partial charge in [-0.3, -0.25) is 4.79 Å². The van der Waals surface area contributed by atoms with Gasteiger partial charge in [-0.15, -0.1) is 0 Å². The van der Waals surface area contributed by atoms with E-state index in [2.05, 4.69) is 5.32 Å². The first-order valence-electron chi connectivity index (χ1n) is 6.80. The molecule has 1 aromatic rings. The van der Waals surface area contributed by atoms with Crippen molar-refractivity contribution in [1.29, 1.82) is 0 Å². The third kappa shape index (κ3) is 4.42. The molecule has 0 bridgehead atoms. The Balaban J connectivity index is 2.47. The summed E-state index contributed by atoms with van der Waals surface area (Å²) in [7, 11) is 1.65. The first-order valence-corrected chi connectivity index (χ1v) is 6.80. The fourth-order valence-electron chi connectivity index (χ4n) is 1.79. The van der Waals surface area contributed by atoms with Crippen molar-refractivity contribution in [2.45, 2.75) is 32.2 Å². The van der Waals surface area contributed by atoms with E-state index in [-0.39, 0.29) is 0 Å². The Morgan fingerprint density at radius 3 is 2.40 bits per heavy atom. The summed E-state index contributed by atoms with van der Waals surface area (Å²) in [4.78, 5) is 11.1. The van der Waals surface area contributed by atoms with Gasteiger partial charge in [0.2, 0.25) is 0 Å². The Labute approximate surface area is 119 Å². The smallest absolute Gasteiger partial charge is 0.323 e. The minimum atomic E-state index is -0.914. The SMILES string of the molecule is CCOc1ccccc1OCCCC(C)(NC)C(=O)O. The van der Waals surface area contributed by atoms with Crippen LogP contribution in [0.3, 0.4) is 0 Å². The van der Waals surface area contributed by atoms with E-state index in [1.165, 1.54) is 0 Å². The first-order chi connectivity index (χ1) is 9.53. The third-order valence-corrected chi connectivity index (χ3v) is 3.25. The Morgan fingerprint density at radius 2 is 1.90 bits per heavy atom. The van der Waals surface area contributed by atoms with Crippen LogP contribution < -0.4 is 14.8 Å². The summed E-state index contributed by atoms with van der Waals surface area (Å²) in [6.45, 7) is 4.62. The van der Waals surface area contributed by atoms with Crippen LogP contribution in [0.25, 0.3) is 0 Å². The van der Waals surface area contributed by atoms with Gasteiger partial charge in [0, 0.05) is 0 Å². The number of benzene rings is 1. The number of carboxylic acids is 1. The minimum Gasteiger partial charge on any atom is -0.490 e. The Hall–Kier alpha value is -1.75. The summed E-state index contributed by atoms with van der Waals surface area (Å²) >= 11 is 0. The number of hydrogen-bond donors (Lipinski definition) is 2. The number of aliphatic carboxylic acids is 1. The van der Waals surface area contributed by atoms with Crippen molar-refractivity contribution in [1.82, 2.24) is 5.32 Å². The van der Waals surface area contributed by atoms with Gasteiger partial charge in [-0.2, -0.15) is 0 Å². The van der Waals surface area contributed by atoms with Gasteiger partial charge in [-0.25, -0.2) is 0 Å². The van der Waals surface area contributed by atoms with Crippen LogP contribution in [0.2, 0.25) is 0 Å². The number of carboxylic acid groups (broad SMARTS) is 1. The maximum Gasteiger partial charge on any atom is 0.323 e. The molecule has 0 fully saturated rings. The van der Waals surface area contributed by atoms with Crippen LogP contribution >= 0.6 is 0 Å². The fraction of sp³-hybridized carbons (Fsp3) is 0.533. The third-order valence-electron chi connectivity index (χ3n) is 3.25. The van der Waals surface area contributed by atoms with Gasteiger partial charge in [-0.1, -0.05) is 12.1 Å². The Morgan fingerprint density at radius 1 is 1.30 bits per heavy atom. The molecule has 20 heavy (non-hydrogen) atoms. The molecule has 2 N–H and O–H groups in total. The van der Waals surface area contributed by atoms with E-state index in [1.807, 2.05) is 31.2 Å². The highest BCUT2D eigenvalue weighted by Crippen LogP contribution is 2.26. The van der Waals surface area contributed by atoms with E-state index < -0.39 is 11.5 Å². The van der Waals surface area contributed by atoms with Gasteiger partial charge in [0.15, 0.2) is 11.5 Å². The number of hydrogen-bond acceptors (Lipinski definition) is 4. The Kier molecular flexibility index (Phi) is 6.31. The fourth-order valence-corrected chi connectivity index (χ4v) is 1.79. The molecular formula is C15H23NO4. The number of ether oxygens (including phenoxy) is 2. The maximum atomic E-state index is 11.1. The molecule has 0 aliphatic heterocycles. The van der Waals surface area contributed by atoms with Gasteiger partial charge >= 0.3 is 5.97 Å². The second-order valence-electron chi connectivity index (χ2n) is 4.72. The van der Waals surface area contributed by atoms with Gasteiger partial charge in [0.1, 0.15) is 5.54 Å². The zero-order valence-electron chi connectivity index (χ0n) is 12.3. The second-order valence-corrected chi connectivity index (χ2v) is 4.72. The minimum absolute atomic E-state index is 0.453. The number of carbonyl (C=O) groups is 1. The van der Waals surface area contributed by atoms with Crippen molar-refractivity contribution in [3.8, 4) is 11.5 Å². The standard InChI is InChI=1S/C15H23NO4/c1-4-19-12-8-5-6-9-13(12)20-11-7-10-15(2,16-3)14(17)18/h5-6,8-9,16H,4,7,10-11H2,1-3H3,(H,17,18). The average Bonchev–Trinajstić information content (AvgIpc) is 2.45. The molecule has 0 amide bonds. The van der Waals surface area contributed by atoms with Crippen LogP contribution in [-0.4, -0.2) is 36.9 Å². The Bertz CT molecular complexity index is 436. The zero-order chi connectivity index (χ0) is 15.0. The van der Waals surface area contributed by atoms with Gasteiger partial charge in [0.25, 0.3) is 0 Å². The summed E-state index contributed by atoms with van der Waals surface area (Å²) in [5.41, 5.74) is -0.914. The number of para-hydroxylation sites is 2. The molecule has 0 aliphatic rings. The monoisotopic (exact) mass is 281 g/mol. The summed E-state index contributed by atoms with van der Waals surface area (Å²) < 4.78 is 11.1. The van der Waals surface area contributed by atoms with Gasteiger partial charge < -0.3 is 19.9 Å².